The minimum absolute atomic E-state index is 1.09. The van der Waals surface area contributed by atoms with Crippen LogP contribution < -0.4 is 4.90 Å². The van der Waals surface area contributed by atoms with Crippen LogP contribution >= 0.6 is 0 Å². The molecule has 11 aromatic rings. The number of hydrogen-bond acceptors (Lipinski definition) is 1. The molecule has 1 heterocycles. The second-order valence-electron chi connectivity index (χ2n) is 15.0. The summed E-state index contributed by atoms with van der Waals surface area (Å²) >= 11 is 0. The van der Waals surface area contributed by atoms with Crippen molar-refractivity contribution in [1.29, 1.82) is 0 Å². The molecule has 0 fully saturated rings. The summed E-state index contributed by atoms with van der Waals surface area (Å²) in [5.41, 5.74) is 14.0. The lowest BCUT2D eigenvalue weighted by atomic mass is 9.96. The van der Waals surface area contributed by atoms with Crippen molar-refractivity contribution in [2.75, 3.05) is 4.90 Å². The van der Waals surface area contributed by atoms with Gasteiger partial charge in [0.15, 0.2) is 0 Å². The predicted octanol–water partition coefficient (Wildman–Crippen LogP) is 15.6. The summed E-state index contributed by atoms with van der Waals surface area (Å²) in [6.07, 6.45) is 0. The predicted molar refractivity (Wildman–Crippen MR) is 247 cm³/mol. The molecule has 11 rings (SSSR count). The Labute approximate surface area is 338 Å². The first-order valence-corrected chi connectivity index (χ1v) is 19.9. The van der Waals surface area contributed by atoms with Gasteiger partial charge in [-0.05, 0) is 92.5 Å². The zero-order valence-electron chi connectivity index (χ0n) is 31.8. The van der Waals surface area contributed by atoms with E-state index in [-0.39, 0.29) is 0 Å². The smallest absolute Gasteiger partial charge is 0.0618 e. The molecule has 0 bridgehead atoms. The number of rotatable bonds is 7. The highest BCUT2D eigenvalue weighted by atomic mass is 15.1. The van der Waals surface area contributed by atoms with E-state index in [4.69, 9.17) is 0 Å². The topological polar surface area (TPSA) is 8.17 Å². The monoisotopic (exact) mass is 738 g/mol. The lowest BCUT2D eigenvalue weighted by molar-refractivity contribution is 1.19. The Morgan fingerprint density at radius 1 is 0.276 bits per heavy atom. The quantitative estimate of drug-likeness (QED) is 0.158. The van der Waals surface area contributed by atoms with Gasteiger partial charge in [-0.15, -0.1) is 0 Å². The normalized spacial score (nSPS) is 11.4. The molecule has 0 N–H and O–H groups in total. The fraction of sp³-hybridized carbons (Fsp3) is 0. The molecule has 272 valence electrons. The van der Waals surface area contributed by atoms with Gasteiger partial charge >= 0.3 is 0 Å². The SMILES string of the molecule is c1ccc(-c2ccc(N(c3ccc(-c4ccccc4)cc3)c3ccc4c5ccccc5n(-c5c(-c6ccc7ccccc7c6)ccc6ccccc56)c4c3)cc2)cc1. The molecule has 0 aliphatic rings. The summed E-state index contributed by atoms with van der Waals surface area (Å²) in [6.45, 7) is 0. The molecule has 0 spiro atoms. The molecular formula is C56H38N2. The number of hydrogen-bond donors (Lipinski definition) is 0. The Morgan fingerprint density at radius 3 is 1.43 bits per heavy atom. The van der Waals surface area contributed by atoms with Gasteiger partial charge in [-0.2, -0.15) is 0 Å². The van der Waals surface area contributed by atoms with Crippen LogP contribution in [0.3, 0.4) is 0 Å². The Morgan fingerprint density at radius 2 is 0.759 bits per heavy atom. The van der Waals surface area contributed by atoms with E-state index in [1.807, 2.05) is 0 Å². The molecule has 2 nitrogen and oxygen atoms in total. The third kappa shape index (κ3) is 5.82. The largest absolute Gasteiger partial charge is 0.310 e. The van der Waals surface area contributed by atoms with Crippen LogP contribution in [-0.2, 0) is 0 Å². The summed E-state index contributed by atoms with van der Waals surface area (Å²) in [6, 6.07) is 83.8. The number of para-hydroxylation sites is 1. The molecule has 0 unspecified atom stereocenters. The van der Waals surface area contributed by atoms with Crippen molar-refractivity contribution in [3.63, 3.8) is 0 Å². The van der Waals surface area contributed by atoms with Gasteiger partial charge < -0.3 is 9.47 Å². The molecular weight excluding hydrogens is 701 g/mol. The van der Waals surface area contributed by atoms with Gasteiger partial charge in [-0.25, -0.2) is 0 Å². The summed E-state index contributed by atoms with van der Waals surface area (Å²) in [5.74, 6) is 0. The minimum Gasteiger partial charge on any atom is -0.310 e. The third-order valence-corrected chi connectivity index (χ3v) is 11.6. The van der Waals surface area contributed by atoms with Gasteiger partial charge in [-0.3, -0.25) is 0 Å². The first kappa shape index (κ1) is 33.6. The van der Waals surface area contributed by atoms with Crippen molar-refractivity contribution in [2.24, 2.45) is 0 Å². The molecule has 1 aromatic heterocycles. The van der Waals surface area contributed by atoms with E-state index in [1.165, 1.54) is 76.9 Å². The van der Waals surface area contributed by atoms with Crippen molar-refractivity contribution < 1.29 is 0 Å². The van der Waals surface area contributed by atoms with E-state index < -0.39 is 0 Å². The molecule has 58 heavy (non-hydrogen) atoms. The average molecular weight is 739 g/mol. The van der Waals surface area contributed by atoms with Gasteiger partial charge in [0.1, 0.15) is 0 Å². The van der Waals surface area contributed by atoms with Crippen molar-refractivity contribution in [1.82, 2.24) is 4.57 Å². The molecule has 0 aliphatic heterocycles. The first-order valence-electron chi connectivity index (χ1n) is 19.9. The van der Waals surface area contributed by atoms with E-state index in [9.17, 15) is 0 Å². The Balaban J connectivity index is 1.15. The van der Waals surface area contributed by atoms with E-state index in [0.29, 0.717) is 0 Å². The number of nitrogens with zero attached hydrogens (tertiary/aromatic N) is 2. The summed E-state index contributed by atoms with van der Waals surface area (Å²) in [5, 5.41) is 7.34. The zero-order chi connectivity index (χ0) is 38.4. The van der Waals surface area contributed by atoms with Crippen LogP contribution in [0.4, 0.5) is 17.1 Å². The fourth-order valence-electron chi connectivity index (χ4n) is 8.74. The van der Waals surface area contributed by atoms with Gasteiger partial charge in [-0.1, -0.05) is 182 Å². The van der Waals surface area contributed by atoms with E-state index >= 15 is 0 Å². The third-order valence-electron chi connectivity index (χ3n) is 11.6. The highest BCUT2D eigenvalue weighted by Gasteiger charge is 2.21. The second-order valence-corrected chi connectivity index (χ2v) is 15.0. The highest BCUT2D eigenvalue weighted by molar-refractivity contribution is 6.13. The first-order chi connectivity index (χ1) is 28.8. The standard InChI is InChI=1S/C56H38N2/c1-3-13-39(14-4-1)42-25-30-47(31-26-42)57(48-32-27-43(28-33-48)40-15-5-2-6-16-40)49-34-36-53-52-21-11-12-22-54(52)58(55(53)38-49)56-50-20-10-9-18-44(50)29-35-51(56)46-24-23-41-17-7-8-19-45(41)37-46/h1-38H. The second kappa shape index (κ2) is 14.1. The molecule has 0 amide bonds. The molecule has 0 aliphatic carbocycles. The van der Waals surface area contributed by atoms with Crippen LogP contribution in [0, 0.1) is 0 Å². The van der Waals surface area contributed by atoms with E-state index in [0.717, 1.165) is 22.6 Å². The zero-order valence-corrected chi connectivity index (χ0v) is 31.8. The van der Waals surface area contributed by atoms with E-state index in [2.05, 4.69) is 240 Å². The lowest BCUT2D eigenvalue weighted by Gasteiger charge is -2.26. The van der Waals surface area contributed by atoms with Crippen LogP contribution in [0.2, 0.25) is 0 Å². The van der Waals surface area contributed by atoms with Gasteiger partial charge in [0.05, 0.1) is 16.7 Å². The van der Waals surface area contributed by atoms with Crippen molar-refractivity contribution in [2.45, 2.75) is 0 Å². The number of aromatic nitrogens is 1. The van der Waals surface area contributed by atoms with Gasteiger partial charge in [0.2, 0.25) is 0 Å². The van der Waals surface area contributed by atoms with E-state index in [1.54, 1.807) is 0 Å². The van der Waals surface area contributed by atoms with Gasteiger partial charge in [0, 0.05) is 38.8 Å². The van der Waals surface area contributed by atoms with Crippen LogP contribution in [-0.4, -0.2) is 4.57 Å². The van der Waals surface area contributed by atoms with Crippen molar-refractivity contribution in [3.8, 4) is 39.1 Å². The van der Waals surface area contributed by atoms with Gasteiger partial charge in [0.25, 0.3) is 0 Å². The number of anilines is 3. The Bertz CT molecular complexity index is 3170. The van der Waals surface area contributed by atoms with Crippen molar-refractivity contribution in [3.05, 3.63) is 231 Å². The lowest BCUT2D eigenvalue weighted by Crippen LogP contribution is -2.10. The molecule has 2 heteroatoms. The maximum Gasteiger partial charge on any atom is 0.0618 e. The summed E-state index contributed by atoms with van der Waals surface area (Å²) < 4.78 is 2.51. The Hall–Kier alpha value is -7.68. The van der Waals surface area contributed by atoms with Crippen LogP contribution in [0.1, 0.15) is 0 Å². The van der Waals surface area contributed by atoms with Crippen LogP contribution in [0.25, 0.3) is 82.4 Å². The fourth-order valence-corrected chi connectivity index (χ4v) is 8.74. The highest BCUT2D eigenvalue weighted by Crippen LogP contribution is 2.44. The maximum absolute atomic E-state index is 2.51. The number of benzene rings is 10. The maximum atomic E-state index is 2.51. The molecule has 0 radical (unpaired) electrons. The van der Waals surface area contributed by atoms with Crippen LogP contribution in [0.15, 0.2) is 231 Å². The minimum atomic E-state index is 1.09. The van der Waals surface area contributed by atoms with Crippen molar-refractivity contribution >= 4 is 60.4 Å². The summed E-state index contributed by atoms with van der Waals surface area (Å²) in [4.78, 5) is 2.39. The van der Waals surface area contributed by atoms with Crippen LogP contribution in [0.5, 0.6) is 0 Å². The molecule has 0 atom stereocenters. The molecule has 10 aromatic carbocycles. The summed E-state index contributed by atoms with van der Waals surface area (Å²) in [7, 11) is 0. The molecule has 0 saturated heterocycles. The number of fused-ring (bicyclic) bond motifs is 5. The Kier molecular flexibility index (Phi) is 8.19. The average Bonchev–Trinajstić information content (AvgIpc) is 3.63. The molecule has 0 saturated carbocycles.